The van der Waals surface area contributed by atoms with Crippen LogP contribution in [-0.4, -0.2) is 4.57 Å². The Morgan fingerprint density at radius 3 is 2.45 bits per heavy atom. The number of aromatic nitrogens is 1. The van der Waals surface area contributed by atoms with Crippen LogP contribution in [0.25, 0.3) is 11.8 Å². The van der Waals surface area contributed by atoms with Crippen LogP contribution < -0.4 is 24.8 Å². The molecule has 1 heterocycles. The van der Waals surface area contributed by atoms with E-state index >= 15 is 0 Å². The van der Waals surface area contributed by atoms with Crippen molar-refractivity contribution in [2.24, 2.45) is 0 Å². The molecule has 0 aliphatic heterocycles. The maximum Gasteiger partial charge on any atom is -1.00 e. The van der Waals surface area contributed by atoms with Crippen LogP contribution in [0.1, 0.15) is 38.0 Å². The van der Waals surface area contributed by atoms with Gasteiger partial charge >= 0.3 is 186 Å². The molecule has 0 amide bonds. The number of fused-ring (bicyclic) bond motifs is 1. The van der Waals surface area contributed by atoms with Crippen molar-refractivity contribution in [2.45, 2.75) is 30.3 Å². The molecule has 31 heavy (non-hydrogen) atoms. The number of hydrogen-bond acceptors (Lipinski definition) is 0. The molecule has 1 aromatic heterocycles. The molecule has 2 aromatic carbocycles. The van der Waals surface area contributed by atoms with Gasteiger partial charge in [0.2, 0.25) is 0 Å². The van der Waals surface area contributed by atoms with Crippen molar-refractivity contribution in [3.05, 3.63) is 116 Å². The Bertz CT molecular complexity index is 1150. The molecule has 0 N–H and O–H groups in total. The van der Waals surface area contributed by atoms with Crippen molar-refractivity contribution in [3.63, 3.8) is 0 Å². The van der Waals surface area contributed by atoms with Gasteiger partial charge < -0.3 is 24.8 Å². The Hall–Kier alpha value is -1.60. The number of halogens is 2. The van der Waals surface area contributed by atoms with Gasteiger partial charge in [0.1, 0.15) is 0 Å². The van der Waals surface area contributed by atoms with E-state index in [2.05, 4.69) is 104 Å². The molecule has 4 heteroatoms. The third-order valence-electron chi connectivity index (χ3n) is 5.92. The summed E-state index contributed by atoms with van der Waals surface area (Å²) in [5, 5.41) is 0. The summed E-state index contributed by atoms with van der Waals surface area (Å²) in [7, 11) is 0. The summed E-state index contributed by atoms with van der Waals surface area (Å²) in [5.74, 6) is 0. The third kappa shape index (κ3) is 4.93. The molecule has 156 valence electrons. The fourth-order valence-electron chi connectivity index (χ4n) is 4.55. The minimum absolute atomic E-state index is 0. The topological polar surface area (TPSA) is 4.93 Å². The molecule has 0 radical (unpaired) electrons. The van der Waals surface area contributed by atoms with Gasteiger partial charge in [-0.2, -0.15) is 0 Å². The van der Waals surface area contributed by atoms with Crippen LogP contribution in [0, 0.1) is 13.8 Å². The molecule has 1 unspecified atom stereocenters. The Morgan fingerprint density at radius 2 is 1.71 bits per heavy atom. The summed E-state index contributed by atoms with van der Waals surface area (Å²) >= 11 is -0.829. The van der Waals surface area contributed by atoms with Gasteiger partial charge in [-0.3, -0.25) is 0 Å². The number of allylic oxidation sites excluding steroid dienone is 5. The summed E-state index contributed by atoms with van der Waals surface area (Å²) in [6.07, 6.45) is 11.7. The van der Waals surface area contributed by atoms with Crippen molar-refractivity contribution in [1.82, 2.24) is 4.57 Å². The summed E-state index contributed by atoms with van der Waals surface area (Å²) in [6.45, 7) is 4.43. The van der Waals surface area contributed by atoms with Crippen molar-refractivity contribution < 1.29 is 48.0 Å². The molecule has 3 aromatic rings. The van der Waals surface area contributed by atoms with E-state index in [0.717, 1.165) is 12.8 Å². The maximum atomic E-state index is 2.45. The smallest absolute Gasteiger partial charge is 1.00 e. The predicted molar refractivity (Wildman–Crippen MR) is 118 cm³/mol. The number of hydrogen-bond donors (Lipinski definition) is 0. The molecule has 1 atom stereocenters. The molecule has 0 spiro atoms. The molecule has 0 saturated carbocycles. The molecular formula is C27H25Cl2NZr. The van der Waals surface area contributed by atoms with Crippen LogP contribution in [0.2, 0.25) is 0 Å². The fraction of sp³-hybridized carbons (Fsp3) is 0.185. The van der Waals surface area contributed by atoms with Crippen LogP contribution in [0.4, 0.5) is 0 Å². The number of aryl methyl sites for hydroxylation is 2. The normalized spacial score (nSPS) is 16.3. The third-order valence-corrected chi connectivity index (χ3v) is 10.3. The Kier molecular flexibility index (Phi) is 8.03. The van der Waals surface area contributed by atoms with Gasteiger partial charge in [0.15, 0.2) is 0 Å². The van der Waals surface area contributed by atoms with E-state index in [1.54, 1.807) is 14.4 Å². The quantitative estimate of drug-likeness (QED) is 0.463. The van der Waals surface area contributed by atoms with Crippen LogP contribution in [0.5, 0.6) is 0 Å². The molecule has 0 saturated heterocycles. The second-order valence-electron chi connectivity index (χ2n) is 8.08. The Balaban J connectivity index is 0.00000136. The van der Waals surface area contributed by atoms with Gasteiger partial charge in [0.05, 0.1) is 0 Å². The van der Waals surface area contributed by atoms with Gasteiger partial charge in [0.25, 0.3) is 0 Å². The molecular weight excluding hydrogens is 500 g/mol. The summed E-state index contributed by atoms with van der Waals surface area (Å²) in [4.78, 5) is 0. The first-order valence-corrected chi connectivity index (χ1v) is 13.0. The minimum atomic E-state index is -0.829. The van der Waals surface area contributed by atoms with E-state index in [1.807, 2.05) is 0 Å². The van der Waals surface area contributed by atoms with E-state index < -0.39 is 23.2 Å². The van der Waals surface area contributed by atoms with Gasteiger partial charge in [-0.25, -0.2) is 0 Å². The molecule has 2 aliphatic rings. The van der Waals surface area contributed by atoms with Crippen LogP contribution in [-0.2, 0) is 29.7 Å². The van der Waals surface area contributed by atoms with Crippen LogP contribution >= 0.6 is 0 Å². The monoisotopic (exact) mass is 523 g/mol. The van der Waals surface area contributed by atoms with E-state index in [1.165, 1.54) is 28.1 Å². The summed E-state index contributed by atoms with van der Waals surface area (Å²) < 4.78 is 4.79. The van der Waals surface area contributed by atoms with Crippen LogP contribution in [0.3, 0.4) is 0 Å². The zero-order valence-electron chi connectivity index (χ0n) is 17.8. The van der Waals surface area contributed by atoms with Crippen LogP contribution in [0.15, 0.2) is 87.9 Å². The van der Waals surface area contributed by atoms with E-state index in [9.17, 15) is 0 Å². The van der Waals surface area contributed by atoms with Gasteiger partial charge in [-0.1, -0.05) is 0 Å². The Morgan fingerprint density at radius 1 is 0.968 bits per heavy atom. The van der Waals surface area contributed by atoms with Gasteiger partial charge in [0, 0.05) is 0 Å². The fourth-order valence-corrected chi connectivity index (χ4v) is 8.80. The average molecular weight is 526 g/mol. The van der Waals surface area contributed by atoms with E-state index in [4.69, 9.17) is 0 Å². The molecule has 2 aliphatic carbocycles. The minimum Gasteiger partial charge on any atom is -1.00 e. The van der Waals surface area contributed by atoms with Crippen molar-refractivity contribution >= 4 is 11.8 Å². The standard InChI is InChI=1S/C15H14N.C12H11.2ClH.Zr/c1-11-7-12(2)16(10-11)15-8-13-5-3-4-6-14(13)9-15;1-2-6-11(7-3-1)10-12-8-4-5-9-12;;;/h3-10H,1-2H3;1-4,6-8H,5,10H2;2*1H;/q;;;;+2/p-2. The summed E-state index contributed by atoms with van der Waals surface area (Å²) in [6, 6.07) is 22.2. The first-order chi connectivity index (χ1) is 14.2. The van der Waals surface area contributed by atoms with E-state index in [0.29, 0.717) is 3.63 Å². The number of rotatable bonds is 5. The maximum absolute atomic E-state index is 2.45. The largest absolute Gasteiger partial charge is 1.00 e. The first-order valence-electron chi connectivity index (χ1n) is 10.3. The summed E-state index contributed by atoms with van der Waals surface area (Å²) in [5.41, 5.74) is 10.1. The molecule has 5 rings (SSSR count). The van der Waals surface area contributed by atoms with Crippen molar-refractivity contribution in [3.8, 4) is 0 Å². The number of nitrogens with zero attached hydrogens (tertiary/aromatic N) is 1. The molecule has 1 nitrogen and oxygen atoms in total. The molecule has 0 bridgehead atoms. The van der Waals surface area contributed by atoms with E-state index in [-0.39, 0.29) is 24.8 Å². The first kappa shape index (κ1) is 24.1. The zero-order valence-corrected chi connectivity index (χ0v) is 21.7. The van der Waals surface area contributed by atoms with Gasteiger partial charge in [-0.15, -0.1) is 0 Å². The second kappa shape index (κ2) is 10.3. The predicted octanol–water partition coefficient (Wildman–Crippen LogP) is 0.705. The SMILES string of the molecule is Cc1cc(C)n(C2=Cc3ccccc3[CH]2[Zr+2][C]2=C(Cc3ccccc3)C=CC2)c1.[Cl-].[Cl-]. The zero-order chi connectivity index (χ0) is 19.8. The van der Waals surface area contributed by atoms with Crippen molar-refractivity contribution in [2.75, 3.05) is 0 Å². The molecule has 0 fully saturated rings. The second-order valence-corrected chi connectivity index (χ2v) is 11.7. The van der Waals surface area contributed by atoms with Gasteiger partial charge in [-0.05, 0) is 0 Å². The number of benzene rings is 2. The Labute approximate surface area is 209 Å². The van der Waals surface area contributed by atoms with Crippen molar-refractivity contribution in [1.29, 1.82) is 0 Å². The average Bonchev–Trinajstić information content (AvgIpc) is 3.41.